The van der Waals surface area contributed by atoms with Crippen molar-refractivity contribution in [3.63, 3.8) is 0 Å². The van der Waals surface area contributed by atoms with Crippen LogP contribution in [0, 0.1) is 5.82 Å². The van der Waals surface area contributed by atoms with E-state index < -0.39 is 0 Å². The van der Waals surface area contributed by atoms with Gasteiger partial charge in [-0.1, -0.05) is 53.8 Å². The second kappa shape index (κ2) is 8.03. The number of amides is 1. The van der Waals surface area contributed by atoms with Gasteiger partial charge in [0.05, 0.1) is 16.6 Å². The van der Waals surface area contributed by atoms with Gasteiger partial charge >= 0.3 is 0 Å². The molecule has 152 valence electrons. The van der Waals surface area contributed by atoms with E-state index in [1.807, 2.05) is 29.2 Å². The monoisotopic (exact) mass is 420 g/mol. The zero-order chi connectivity index (χ0) is 20.5. The lowest BCUT2D eigenvalue weighted by Crippen LogP contribution is -2.42. The van der Waals surface area contributed by atoms with Gasteiger partial charge in [0.2, 0.25) is 5.91 Å². The second-order valence-electron chi connectivity index (χ2n) is 7.60. The minimum absolute atomic E-state index is 0.0250. The zero-order valence-corrected chi connectivity index (χ0v) is 17.2. The molecule has 5 rings (SSSR count). The maximum atomic E-state index is 13.4. The van der Waals surface area contributed by atoms with Gasteiger partial charge in [-0.3, -0.25) is 4.79 Å². The van der Waals surface area contributed by atoms with Gasteiger partial charge in [0.15, 0.2) is 0 Å². The Labute approximate surface area is 177 Å². The highest BCUT2D eigenvalue weighted by atomic mass is 32.1. The molecule has 1 saturated heterocycles. The summed E-state index contributed by atoms with van der Waals surface area (Å²) in [6.45, 7) is 1.35. The maximum Gasteiger partial charge on any atom is 0.274 e. The largest absolute Gasteiger partial charge is 0.467 e. The van der Waals surface area contributed by atoms with Gasteiger partial charge in [-0.05, 0) is 34.5 Å². The first-order valence-corrected chi connectivity index (χ1v) is 10.9. The molecule has 1 aliphatic heterocycles. The predicted octanol–water partition coefficient (Wildman–Crippen LogP) is 5.20. The third-order valence-corrected chi connectivity index (χ3v) is 6.52. The molecule has 0 atom stereocenters. The lowest BCUT2D eigenvalue weighted by molar-refractivity contribution is -0.132. The first-order valence-electron chi connectivity index (χ1n) is 10.1. The van der Waals surface area contributed by atoms with Crippen LogP contribution in [0.25, 0.3) is 21.0 Å². The van der Waals surface area contributed by atoms with Gasteiger partial charge in [-0.25, -0.2) is 9.37 Å². The van der Waals surface area contributed by atoms with Crippen molar-refractivity contribution in [3.8, 4) is 5.19 Å². The van der Waals surface area contributed by atoms with Crippen molar-refractivity contribution in [3.05, 3.63) is 72.0 Å². The summed E-state index contributed by atoms with van der Waals surface area (Å²) in [5.41, 5.74) is 1.82. The maximum absolute atomic E-state index is 13.4. The molecular weight excluding hydrogens is 399 g/mol. The van der Waals surface area contributed by atoms with E-state index in [0.717, 1.165) is 39.4 Å². The van der Waals surface area contributed by atoms with Gasteiger partial charge in [0, 0.05) is 25.9 Å². The molecule has 1 aliphatic rings. The molecule has 0 bridgehead atoms. The van der Waals surface area contributed by atoms with E-state index in [2.05, 4.69) is 23.2 Å². The van der Waals surface area contributed by atoms with E-state index in [1.54, 1.807) is 6.07 Å². The number of carbonyl (C=O) groups excluding carboxylic acids is 1. The number of rotatable bonds is 4. The van der Waals surface area contributed by atoms with Crippen molar-refractivity contribution in [1.82, 2.24) is 9.88 Å². The molecular formula is C24H21FN2O2S. The van der Waals surface area contributed by atoms with Crippen molar-refractivity contribution in [2.24, 2.45) is 0 Å². The summed E-state index contributed by atoms with van der Waals surface area (Å²) in [6.07, 6.45) is 1.98. The molecule has 4 nitrogen and oxygen atoms in total. The summed E-state index contributed by atoms with van der Waals surface area (Å²) in [5.74, 6) is -0.115. The third-order valence-electron chi connectivity index (χ3n) is 5.61. The Kier molecular flexibility index (Phi) is 5.09. The average molecular weight is 421 g/mol. The number of hydrogen-bond donors (Lipinski definition) is 0. The van der Waals surface area contributed by atoms with Crippen LogP contribution in [0.3, 0.4) is 0 Å². The van der Waals surface area contributed by atoms with Crippen molar-refractivity contribution in [1.29, 1.82) is 0 Å². The van der Waals surface area contributed by atoms with Gasteiger partial charge in [-0.2, -0.15) is 0 Å². The molecule has 0 saturated carbocycles. The number of carbonyl (C=O) groups is 1. The molecule has 0 unspecified atom stereocenters. The minimum atomic E-state index is -0.268. The number of ether oxygens (including phenoxy) is 1. The molecule has 0 N–H and O–H groups in total. The summed E-state index contributed by atoms with van der Waals surface area (Å²) in [5, 5.41) is 2.86. The van der Waals surface area contributed by atoms with Crippen LogP contribution in [0.15, 0.2) is 60.7 Å². The standard InChI is InChI=1S/C24H21FN2O2S/c25-18-8-9-21-22(15-18)30-24(26-21)29-19-10-12-27(13-11-19)23(28)14-17-6-3-5-16-4-1-2-7-20(16)17/h1-9,15,19H,10-14H2. The number of nitrogens with zero attached hydrogens (tertiary/aromatic N) is 2. The molecule has 0 spiro atoms. The summed E-state index contributed by atoms with van der Waals surface area (Å²) in [4.78, 5) is 19.2. The van der Waals surface area contributed by atoms with E-state index >= 15 is 0 Å². The molecule has 0 radical (unpaired) electrons. The van der Waals surface area contributed by atoms with E-state index in [0.29, 0.717) is 24.7 Å². The number of thiazole rings is 1. The normalized spacial score (nSPS) is 15.0. The quantitative estimate of drug-likeness (QED) is 0.456. The van der Waals surface area contributed by atoms with Crippen molar-refractivity contribution in [2.45, 2.75) is 25.4 Å². The third kappa shape index (κ3) is 3.87. The van der Waals surface area contributed by atoms with E-state index in [1.165, 1.54) is 23.5 Å². The number of halogens is 1. The molecule has 6 heteroatoms. The van der Waals surface area contributed by atoms with Crippen molar-refractivity contribution < 1.29 is 13.9 Å². The van der Waals surface area contributed by atoms with Crippen LogP contribution in [0.5, 0.6) is 5.19 Å². The lowest BCUT2D eigenvalue weighted by Gasteiger charge is -2.31. The summed E-state index contributed by atoms with van der Waals surface area (Å²) >= 11 is 1.36. The molecule has 4 aromatic rings. The summed E-state index contributed by atoms with van der Waals surface area (Å²) in [6, 6.07) is 18.8. The average Bonchev–Trinajstić information content (AvgIpc) is 3.16. The molecule has 30 heavy (non-hydrogen) atoms. The van der Waals surface area contributed by atoms with Gasteiger partial charge in [-0.15, -0.1) is 0 Å². The van der Waals surface area contributed by atoms with Crippen molar-refractivity contribution >= 4 is 38.2 Å². The molecule has 1 aromatic heterocycles. The Hall–Kier alpha value is -2.99. The Balaban J connectivity index is 1.20. The topological polar surface area (TPSA) is 42.4 Å². The number of benzene rings is 3. The van der Waals surface area contributed by atoms with E-state index in [-0.39, 0.29) is 17.8 Å². The smallest absolute Gasteiger partial charge is 0.274 e. The second-order valence-corrected chi connectivity index (χ2v) is 8.60. The van der Waals surface area contributed by atoms with Crippen LogP contribution in [0.1, 0.15) is 18.4 Å². The highest BCUT2D eigenvalue weighted by Gasteiger charge is 2.25. The highest BCUT2D eigenvalue weighted by Crippen LogP contribution is 2.30. The number of aromatic nitrogens is 1. The molecule has 1 fully saturated rings. The number of hydrogen-bond acceptors (Lipinski definition) is 4. The highest BCUT2D eigenvalue weighted by molar-refractivity contribution is 7.20. The Morgan fingerprint density at radius 3 is 2.77 bits per heavy atom. The SMILES string of the molecule is O=C(Cc1cccc2ccccc12)N1CCC(Oc2nc3ccc(F)cc3s2)CC1. The van der Waals surface area contributed by atoms with Crippen LogP contribution >= 0.6 is 11.3 Å². The van der Waals surface area contributed by atoms with Crippen LogP contribution in [0.2, 0.25) is 0 Å². The van der Waals surface area contributed by atoms with Crippen LogP contribution < -0.4 is 4.74 Å². The molecule has 2 heterocycles. The van der Waals surface area contributed by atoms with E-state index in [4.69, 9.17) is 4.74 Å². The Morgan fingerprint density at radius 1 is 1.10 bits per heavy atom. The zero-order valence-electron chi connectivity index (χ0n) is 16.4. The fraction of sp³-hybridized carbons (Fsp3) is 0.250. The van der Waals surface area contributed by atoms with Gasteiger partial charge < -0.3 is 9.64 Å². The summed E-state index contributed by atoms with van der Waals surface area (Å²) in [7, 11) is 0. The number of likely N-dealkylation sites (tertiary alicyclic amines) is 1. The fourth-order valence-electron chi connectivity index (χ4n) is 4.01. The number of piperidine rings is 1. The van der Waals surface area contributed by atoms with E-state index in [9.17, 15) is 9.18 Å². The lowest BCUT2D eigenvalue weighted by atomic mass is 10.0. The number of fused-ring (bicyclic) bond motifs is 2. The van der Waals surface area contributed by atoms with Crippen LogP contribution in [-0.2, 0) is 11.2 Å². The molecule has 3 aromatic carbocycles. The molecule has 1 amide bonds. The van der Waals surface area contributed by atoms with Gasteiger partial charge in [0.1, 0.15) is 11.9 Å². The minimum Gasteiger partial charge on any atom is -0.467 e. The van der Waals surface area contributed by atoms with Gasteiger partial charge in [0.25, 0.3) is 5.19 Å². The fourth-order valence-corrected chi connectivity index (χ4v) is 4.92. The predicted molar refractivity (Wildman–Crippen MR) is 117 cm³/mol. The van der Waals surface area contributed by atoms with Crippen LogP contribution in [0.4, 0.5) is 4.39 Å². The molecule has 0 aliphatic carbocycles. The Bertz CT molecular complexity index is 1210. The first kappa shape index (κ1) is 19.0. The Morgan fingerprint density at radius 2 is 1.90 bits per heavy atom. The summed E-state index contributed by atoms with van der Waals surface area (Å²) < 4.78 is 20.2. The van der Waals surface area contributed by atoms with Crippen molar-refractivity contribution in [2.75, 3.05) is 13.1 Å². The first-order chi connectivity index (χ1) is 14.7. The van der Waals surface area contributed by atoms with Crippen LogP contribution in [-0.4, -0.2) is 35.0 Å².